The third kappa shape index (κ3) is 3.97. The van der Waals surface area contributed by atoms with E-state index in [-0.39, 0.29) is 18.4 Å². The molecule has 1 saturated heterocycles. The third-order valence-corrected chi connectivity index (χ3v) is 3.24. The number of carboxylic acids is 1. The number of carbonyl (C=O) groups excluding carboxylic acids is 1. The average molecular weight is 266 g/mol. The molecule has 1 fully saturated rings. The third-order valence-electron chi connectivity index (χ3n) is 3.24. The molecule has 1 unspecified atom stereocenters. The van der Waals surface area contributed by atoms with Gasteiger partial charge < -0.3 is 19.9 Å². The number of aromatic nitrogens is 2. The zero-order valence-corrected chi connectivity index (χ0v) is 10.7. The summed E-state index contributed by atoms with van der Waals surface area (Å²) >= 11 is 0. The van der Waals surface area contributed by atoms with Gasteiger partial charge in [0.2, 0.25) is 0 Å². The molecule has 2 N–H and O–H groups in total. The molecule has 1 aromatic heterocycles. The number of rotatable bonds is 5. The number of amides is 2. The summed E-state index contributed by atoms with van der Waals surface area (Å²) in [5.41, 5.74) is 0. The number of urea groups is 1. The average Bonchev–Trinajstić information content (AvgIpc) is 2.99. The molecule has 0 aromatic carbocycles. The summed E-state index contributed by atoms with van der Waals surface area (Å²) in [5.74, 6) is -0.718. The largest absolute Gasteiger partial charge is 0.481 e. The minimum Gasteiger partial charge on any atom is -0.481 e. The van der Waals surface area contributed by atoms with Crippen molar-refractivity contribution in [2.45, 2.75) is 19.4 Å². The van der Waals surface area contributed by atoms with Crippen LogP contribution in [0.15, 0.2) is 18.7 Å². The lowest BCUT2D eigenvalue weighted by atomic mass is 10.1. The lowest BCUT2D eigenvalue weighted by Crippen LogP contribution is -2.39. The Balaban J connectivity index is 1.68. The summed E-state index contributed by atoms with van der Waals surface area (Å²) in [5, 5.41) is 11.5. The molecule has 0 radical (unpaired) electrons. The lowest BCUT2D eigenvalue weighted by Gasteiger charge is -2.17. The minimum atomic E-state index is -0.799. The van der Waals surface area contributed by atoms with Crippen molar-refractivity contribution in [3.63, 3.8) is 0 Å². The van der Waals surface area contributed by atoms with E-state index in [2.05, 4.69) is 10.3 Å². The Bertz CT molecular complexity index is 432. The van der Waals surface area contributed by atoms with Gasteiger partial charge in [0.05, 0.1) is 6.33 Å². The van der Waals surface area contributed by atoms with E-state index < -0.39 is 5.97 Å². The maximum atomic E-state index is 11.8. The quantitative estimate of drug-likeness (QED) is 0.807. The van der Waals surface area contributed by atoms with Crippen LogP contribution in [0.3, 0.4) is 0 Å². The van der Waals surface area contributed by atoms with Crippen molar-refractivity contribution < 1.29 is 14.7 Å². The monoisotopic (exact) mass is 266 g/mol. The van der Waals surface area contributed by atoms with E-state index in [1.165, 1.54) is 0 Å². The molecular weight excluding hydrogens is 248 g/mol. The second-order valence-electron chi connectivity index (χ2n) is 4.73. The van der Waals surface area contributed by atoms with Crippen molar-refractivity contribution in [3.8, 4) is 0 Å². The summed E-state index contributed by atoms with van der Waals surface area (Å²) < 4.78 is 1.89. The van der Waals surface area contributed by atoms with Crippen LogP contribution < -0.4 is 5.32 Å². The summed E-state index contributed by atoms with van der Waals surface area (Å²) in [7, 11) is 0. The number of likely N-dealkylation sites (tertiary alicyclic amines) is 1. The van der Waals surface area contributed by atoms with Crippen molar-refractivity contribution in [2.75, 3.05) is 19.6 Å². The van der Waals surface area contributed by atoms with Crippen LogP contribution in [-0.4, -0.2) is 51.2 Å². The summed E-state index contributed by atoms with van der Waals surface area (Å²) in [6.45, 7) is 2.38. The zero-order chi connectivity index (χ0) is 13.7. The van der Waals surface area contributed by atoms with Crippen LogP contribution in [0.2, 0.25) is 0 Å². The van der Waals surface area contributed by atoms with Crippen LogP contribution >= 0.6 is 0 Å². The number of imidazole rings is 1. The Labute approximate surface area is 111 Å². The van der Waals surface area contributed by atoms with Gasteiger partial charge in [-0.05, 0) is 12.3 Å². The van der Waals surface area contributed by atoms with Crippen molar-refractivity contribution in [2.24, 2.45) is 5.92 Å². The molecule has 19 heavy (non-hydrogen) atoms. The maximum absolute atomic E-state index is 11.8. The van der Waals surface area contributed by atoms with Gasteiger partial charge in [0.1, 0.15) is 0 Å². The number of nitrogens with zero attached hydrogens (tertiary/aromatic N) is 3. The van der Waals surface area contributed by atoms with Crippen LogP contribution in [0.5, 0.6) is 0 Å². The topological polar surface area (TPSA) is 87.5 Å². The van der Waals surface area contributed by atoms with E-state index in [4.69, 9.17) is 5.11 Å². The van der Waals surface area contributed by atoms with Gasteiger partial charge in [0, 0.05) is 45.0 Å². The normalized spacial score (nSPS) is 18.5. The van der Waals surface area contributed by atoms with E-state index in [1.54, 1.807) is 17.4 Å². The molecule has 2 amide bonds. The molecule has 7 nitrogen and oxygen atoms in total. The first kappa shape index (κ1) is 13.4. The van der Waals surface area contributed by atoms with E-state index in [0.717, 1.165) is 6.42 Å². The van der Waals surface area contributed by atoms with Gasteiger partial charge in [-0.2, -0.15) is 0 Å². The SMILES string of the molecule is O=C(O)CC1CCN(C(=O)NCCn2ccnc2)C1. The van der Waals surface area contributed by atoms with E-state index in [9.17, 15) is 9.59 Å². The van der Waals surface area contributed by atoms with Crippen molar-refractivity contribution >= 4 is 12.0 Å². The van der Waals surface area contributed by atoms with Crippen molar-refractivity contribution in [3.05, 3.63) is 18.7 Å². The number of aliphatic carboxylic acids is 1. The molecule has 0 aliphatic carbocycles. The summed E-state index contributed by atoms with van der Waals surface area (Å²) in [4.78, 5) is 28.1. The van der Waals surface area contributed by atoms with Crippen LogP contribution in [0.4, 0.5) is 4.79 Å². The highest BCUT2D eigenvalue weighted by molar-refractivity contribution is 5.74. The summed E-state index contributed by atoms with van der Waals surface area (Å²) in [6, 6.07) is -0.118. The van der Waals surface area contributed by atoms with Crippen LogP contribution in [-0.2, 0) is 11.3 Å². The fourth-order valence-electron chi connectivity index (χ4n) is 2.25. The van der Waals surface area contributed by atoms with Crippen molar-refractivity contribution in [1.29, 1.82) is 0 Å². The Kier molecular flexibility index (Phi) is 4.38. The minimum absolute atomic E-state index is 0.0805. The molecule has 0 spiro atoms. The smallest absolute Gasteiger partial charge is 0.317 e. The van der Waals surface area contributed by atoms with Gasteiger partial charge in [-0.15, -0.1) is 0 Å². The van der Waals surface area contributed by atoms with Crippen LogP contribution in [0, 0.1) is 5.92 Å². The first-order chi connectivity index (χ1) is 9.15. The maximum Gasteiger partial charge on any atom is 0.317 e. The number of carboxylic acid groups (broad SMARTS) is 1. The Morgan fingerprint density at radius 2 is 2.32 bits per heavy atom. The molecule has 0 saturated carbocycles. The van der Waals surface area contributed by atoms with Crippen molar-refractivity contribution in [1.82, 2.24) is 19.8 Å². The van der Waals surface area contributed by atoms with Crippen LogP contribution in [0.25, 0.3) is 0 Å². The zero-order valence-electron chi connectivity index (χ0n) is 10.7. The predicted octanol–water partition coefficient (Wildman–Crippen LogP) is 0.389. The molecule has 7 heteroatoms. The first-order valence-corrected chi connectivity index (χ1v) is 6.35. The Hall–Kier alpha value is -2.05. The number of hydrogen-bond donors (Lipinski definition) is 2. The Morgan fingerprint density at radius 3 is 3.00 bits per heavy atom. The van der Waals surface area contributed by atoms with Gasteiger partial charge in [0.15, 0.2) is 0 Å². The highest BCUT2D eigenvalue weighted by atomic mass is 16.4. The van der Waals surface area contributed by atoms with Gasteiger partial charge in [-0.1, -0.05) is 0 Å². The number of carbonyl (C=O) groups is 2. The fourth-order valence-corrected chi connectivity index (χ4v) is 2.25. The molecule has 2 heterocycles. The molecule has 1 aliphatic rings. The molecule has 2 rings (SSSR count). The van der Waals surface area contributed by atoms with Gasteiger partial charge in [-0.25, -0.2) is 9.78 Å². The number of hydrogen-bond acceptors (Lipinski definition) is 3. The number of nitrogens with one attached hydrogen (secondary N) is 1. The fraction of sp³-hybridized carbons (Fsp3) is 0.583. The second kappa shape index (κ2) is 6.21. The standard InChI is InChI=1S/C12H18N4O3/c17-11(18)7-10-1-4-16(8-10)12(19)14-3-6-15-5-2-13-9-15/h2,5,9-10H,1,3-4,6-8H2,(H,14,19)(H,17,18). The summed E-state index contributed by atoms with van der Waals surface area (Å²) in [6.07, 6.45) is 6.13. The molecule has 0 bridgehead atoms. The predicted molar refractivity (Wildman–Crippen MR) is 67.6 cm³/mol. The van der Waals surface area contributed by atoms with E-state index in [1.807, 2.05) is 10.8 Å². The first-order valence-electron chi connectivity index (χ1n) is 6.35. The molecule has 1 aliphatic heterocycles. The molecule has 1 aromatic rings. The highest BCUT2D eigenvalue weighted by Gasteiger charge is 2.27. The second-order valence-corrected chi connectivity index (χ2v) is 4.73. The van der Waals surface area contributed by atoms with E-state index >= 15 is 0 Å². The lowest BCUT2D eigenvalue weighted by molar-refractivity contribution is -0.138. The Morgan fingerprint density at radius 1 is 1.47 bits per heavy atom. The molecular formula is C12H18N4O3. The van der Waals surface area contributed by atoms with E-state index in [0.29, 0.717) is 26.2 Å². The van der Waals surface area contributed by atoms with Gasteiger partial charge >= 0.3 is 12.0 Å². The van der Waals surface area contributed by atoms with Gasteiger partial charge in [-0.3, -0.25) is 4.79 Å². The molecule has 104 valence electrons. The van der Waals surface area contributed by atoms with Gasteiger partial charge in [0.25, 0.3) is 0 Å². The molecule has 1 atom stereocenters. The van der Waals surface area contributed by atoms with Crippen LogP contribution in [0.1, 0.15) is 12.8 Å². The highest BCUT2D eigenvalue weighted by Crippen LogP contribution is 2.19.